The second kappa shape index (κ2) is 6.98. The van der Waals surface area contributed by atoms with Gasteiger partial charge in [0.25, 0.3) is 0 Å². The van der Waals surface area contributed by atoms with E-state index in [0.717, 1.165) is 49.6 Å². The third-order valence-electron chi connectivity index (χ3n) is 4.21. The minimum Gasteiger partial charge on any atom is -0.383 e. The average Bonchev–Trinajstić information content (AvgIpc) is 2.99. The fourth-order valence-electron chi connectivity index (χ4n) is 3.12. The second-order valence-corrected chi connectivity index (χ2v) is 5.83. The lowest BCUT2D eigenvalue weighted by molar-refractivity contribution is 0.127. The maximum absolute atomic E-state index is 5.20. The predicted octanol–water partition coefficient (Wildman–Crippen LogP) is 1.70. The van der Waals surface area contributed by atoms with Gasteiger partial charge in [0.05, 0.1) is 24.2 Å². The summed E-state index contributed by atoms with van der Waals surface area (Å²) in [5.74, 6) is 0.425. The molecule has 0 aromatic carbocycles. The van der Waals surface area contributed by atoms with Crippen molar-refractivity contribution in [2.24, 2.45) is 7.05 Å². The van der Waals surface area contributed by atoms with Gasteiger partial charge in [-0.1, -0.05) is 0 Å². The van der Waals surface area contributed by atoms with Gasteiger partial charge in [0.15, 0.2) is 0 Å². The zero-order chi connectivity index (χ0) is 15.4. The number of methoxy groups -OCH3 is 1. The zero-order valence-corrected chi connectivity index (χ0v) is 13.3. The molecule has 22 heavy (non-hydrogen) atoms. The Hall–Kier alpha value is -1.79. The largest absolute Gasteiger partial charge is 0.383 e. The Balaban J connectivity index is 1.82. The van der Waals surface area contributed by atoms with Gasteiger partial charge < -0.3 is 9.64 Å². The van der Waals surface area contributed by atoms with Gasteiger partial charge in [-0.25, -0.2) is 0 Å². The van der Waals surface area contributed by atoms with E-state index in [4.69, 9.17) is 4.74 Å². The number of ether oxygens (including phenoxy) is 1. The molecule has 0 amide bonds. The quantitative estimate of drug-likeness (QED) is 0.841. The van der Waals surface area contributed by atoms with E-state index in [0.29, 0.717) is 5.92 Å². The van der Waals surface area contributed by atoms with Crippen LogP contribution in [0.1, 0.15) is 24.5 Å². The number of hydrogen-bond acceptors (Lipinski definition) is 5. The molecule has 118 valence electrons. The number of rotatable bonds is 5. The molecule has 0 unspecified atom stereocenters. The number of likely N-dealkylation sites (tertiary alicyclic amines) is 1. The van der Waals surface area contributed by atoms with Crippen molar-refractivity contribution in [2.45, 2.75) is 18.8 Å². The summed E-state index contributed by atoms with van der Waals surface area (Å²) in [6.07, 6.45) is 9.77. The van der Waals surface area contributed by atoms with Crippen LogP contribution < -0.4 is 0 Å². The highest BCUT2D eigenvalue weighted by Gasteiger charge is 2.25. The molecule has 3 heterocycles. The van der Waals surface area contributed by atoms with Crippen molar-refractivity contribution in [2.75, 3.05) is 33.4 Å². The first kappa shape index (κ1) is 15.1. The molecule has 1 saturated heterocycles. The Morgan fingerprint density at radius 3 is 2.95 bits per heavy atom. The Kier molecular flexibility index (Phi) is 4.80. The standard InChI is InChI=1S/C16H23N5O/c1-20-11-14(10-19-20)16-15(17-5-6-18-16)13-4-3-7-21(12-13)8-9-22-2/h5-6,10-11,13H,3-4,7-9,12H2,1-2H3/t13-/m1/s1. The molecular weight excluding hydrogens is 278 g/mol. The summed E-state index contributed by atoms with van der Waals surface area (Å²) >= 11 is 0. The molecule has 3 rings (SSSR count). The molecule has 0 N–H and O–H groups in total. The van der Waals surface area contributed by atoms with E-state index >= 15 is 0 Å². The van der Waals surface area contributed by atoms with Crippen LogP contribution in [0.5, 0.6) is 0 Å². The van der Waals surface area contributed by atoms with Gasteiger partial charge in [-0.3, -0.25) is 14.6 Å². The van der Waals surface area contributed by atoms with Crippen molar-refractivity contribution in [3.8, 4) is 11.3 Å². The van der Waals surface area contributed by atoms with Crippen molar-refractivity contribution in [3.63, 3.8) is 0 Å². The molecule has 0 radical (unpaired) electrons. The summed E-state index contributed by atoms with van der Waals surface area (Å²) in [6, 6.07) is 0. The summed E-state index contributed by atoms with van der Waals surface area (Å²) in [4.78, 5) is 11.7. The predicted molar refractivity (Wildman–Crippen MR) is 84.5 cm³/mol. The number of hydrogen-bond donors (Lipinski definition) is 0. The lowest BCUT2D eigenvalue weighted by atomic mass is 9.92. The van der Waals surface area contributed by atoms with E-state index in [1.807, 2.05) is 19.4 Å². The molecule has 1 aliphatic heterocycles. The molecule has 2 aromatic heterocycles. The molecule has 0 spiro atoms. The fraction of sp³-hybridized carbons (Fsp3) is 0.562. The Morgan fingerprint density at radius 1 is 1.32 bits per heavy atom. The monoisotopic (exact) mass is 301 g/mol. The number of aromatic nitrogens is 4. The molecule has 1 aliphatic rings. The van der Waals surface area contributed by atoms with Crippen molar-refractivity contribution in [1.29, 1.82) is 0 Å². The van der Waals surface area contributed by atoms with Crippen molar-refractivity contribution < 1.29 is 4.74 Å². The van der Waals surface area contributed by atoms with Crippen LogP contribution in [0.4, 0.5) is 0 Å². The summed E-state index contributed by atoms with van der Waals surface area (Å²) < 4.78 is 7.01. The van der Waals surface area contributed by atoms with E-state index in [1.165, 1.54) is 6.42 Å². The van der Waals surface area contributed by atoms with Gasteiger partial charge in [-0.2, -0.15) is 5.10 Å². The molecule has 6 nitrogen and oxygen atoms in total. The van der Waals surface area contributed by atoms with Gasteiger partial charge in [0.2, 0.25) is 0 Å². The molecule has 0 bridgehead atoms. The van der Waals surface area contributed by atoms with Gasteiger partial charge in [-0.05, 0) is 19.4 Å². The summed E-state index contributed by atoms with van der Waals surface area (Å²) in [7, 11) is 3.68. The average molecular weight is 301 g/mol. The molecule has 1 atom stereocenters. The lowest BCUT2D eigenvalue weighted by Gasteiger charge is -2.32. The van der Waals surface area contributed by atoms with Gasteiger partial charge in [-0.15, -0.1) is 0 Å². The smallest absolute Gasteiger partial charge is 0.0952 e. The minimum atomic E-state index is 0.425. The topological polar surface area (TPSA) is 56.1 Å². The highest BCUT2D eigenvalue weighted by atomic mass is 16.5. The molecule has 2 aromatic rings. The third kappa shape index (κ3) is 3.34. The normalized spacial score (nSPS) is 19.5. The Morgan fingerprint density at radius 2 is 2.18 bits per heavy atom. The van der Waals surface area contributed by atoms with Gasteiger partial charge >= 0.3 is 0 Å². The molecule has 6 heteroatoms. The minimum absolute atomic E-state index is 0.425. The summed E-state index contributed by atoms with van der Waals surface area (Å²) in [6.45, 7) is 3.93. The Bertz CT molecular complexity index is 612. The van der Waals surface area contributed by atoms with Crippen molar-refractivity contribution in [3.05, 3.63) is 30.5 Å². The fourth-order valence-corrected chi connectivity index (χ4v) is 3.12. The second-order valence-electron chi connectivity index (χ2n) is 5.83. The van der Waals surface area contributed by atoms with Crippen LogP contribution in [0.2, 0.25) is 0 Å². The first-order chi connectivity index (χ1) is 10.8. The molecular formula is C16H23N5O. The van der Waals surface area contributed by atoms with Crippen molar-refractivity contribution in [1.82, 2.24) is 24.6 Å². The molecule has 0 aliphatic carbocycles. The highest BCUT2D eigenvalue weighted by molar-refractivity contribution is 5.60. The van der Waals surface area contributed by atoms with Crippen LogP contribution >= 0.6 is 0 Å². The number of piperidine rings is 1. The van der Waals surface area contributed by atoms with E-state index in [-0.39, 0.29) is 0 Å². The van der Waals surface area contributed by atoms with Crippen LogP contribution in [0.25, 0.3) is 11.3 Å². The van der Waals surface area contributed by atoms with Crippen LogP contribution in [0, 0.1) is 0 Å². The van der Waals surface area contributed by atoms with Crippen LogP contribution in [0.3, 0.4) is 0 Å². The first-order valence-corrected chi connectivity index (χ1v) is 7.79. The molecule has 1 fully saturated rings. The van der Waals surface area contributed by atoms with Crippen LogP contribution in [0.15, 0.2) is 24.8 Å². The molecule has 0 saturated carbocycles. The van der Waals surface area contributed by atoms with Gasteiger partial charge in [0, 0.05) is 57.3 Å². The first-order valence-electron chi connectivity index (χ1n) is 7.79. The summed E-state index contributed by atoms with van der Waals surface area (Å²) in [5.41, 5.74) is 3.10. The number of nitrogens with zero attached hydrogens (tertiary/aromatic N) is 5. The van der Waals surface area contributed by atoms with E-state index in [1.54, 1.807) is 24.2 Å². The third-order valence-corrected chi connectivity index (χ3v) is 4.21. The summed E-state index contributed by atoms with van der Waals surface area (Å²) in [5, 5.41) is 4.26. The zero-order valence-electron chi connectivity index (χ0n) is 13.3. The lowest BCUT2D eigenvalue weighted by Crippen LogP contribution is -2.37. The maximum Gasteiger partial charge on any atom is 0.0952 e. The van der Waals surface area contributed by atoms with E-state index < -0.39 is 0 Å². The van der Waals surface area contributed by atoms with Crippen molar-refractivity contribution >= 4 is 0 Å². The van der Waals surface area contributed by atoms with E-state index in [9.17, 15) is 0 Å². The maximum atomic E-state index is 5.20. The van der Waals surface area contributed by atoms with Gasteiger partial charge in [0.1, 0.15) is 0 Å². The SMILES string of the molecule is COCCN1CCC[C@@H](c2nccnc2-c2cnn(C)c2)C1. The Labute approximate surface area is 131 Å². The van der Waals surface area contributed by atoms with Crippen LogP contribution in [-0.2, 0) is 11.8 Å². The highest BCUT2D eigenvalue weighted by Crippen LogP contribution is 2.31. The van der Waals surface area contributed by atoms with Crippen LogP contribution in [-0.4, -0.2) is 58.0 Å². The number of aryl methyl sites for hydroxylation is 1. The van der Waals surface area contributed by atoms with E-state index in [2.05, 4.69) is 20.0 Å².